The van der Waals surface area contributed by atoms with E-state index in [0.717, 1.165) is 37.1 Å². The van der Waals surface area contributed by atoms with Crippen LogP contribution in [0.15, 0.2) is 59.1 Å². The van der Waals surface area contributed by atoms with Gasteiger partial charge in [-0.15, -0.1) is 0 Å². The molecule has 1 N–H and O–H groups in total. The van der Waals surface area contributed by atoms with Crippen molar-refractivity contribution in [3.8, 4) is 0 Å². The van der Waals surface area contributed by atoms with Crippen molar-refractivity contribution in [2.75, 3.05) is 26.7 Å². The maximum absolute atomic E-state index is 12.3. The van der Waals surface area contributed by atoms with Crippen molar-refractivity contribution in [1.82, 2.24) is 15.1 Å². The van der Waals surface area contributed by atoms with Crippen molar-refractivity contribution in [2.45, 2.75) is 25.6 Å². The summed E-state index contributed by atoms with van der Waals surface area (Å²) in [5, 5.41) is 3.19. The number of carbonyl (C=O) groups is 1. The molecule has 1 atom stereocenters. The van der Waals surface area contributed by atoms with E-state index in [1.54, 1.807) is 0 Å². The van der Waals surface area contributed by atoms with E-state index in [-0.39, 0.29) is 11.9 Å². The predicted molar refractivity (Wildman–Crippen MR) is 109 cm³/mol. The standard InChI is InChI=1S/C21H26BrN3O/c1-24(13-18-7-9-19(22)10-8-18)16-21(26)23-20-11-12-25(15-20)14-17-5-3-2-4-6-17/h2-10,20H,11-16H2,1H3,(H,23,26)/t20-/m1/s1. The zero-order valence-corrected chi connectivity index (χ0v) is 16.8. The van der Waals surface area contributed by atoms with Crippen LogP contribution in [-0.2, 0) is 17.9 Å². The fraction of sp³-hybridized carbons (Fsp3) is 0.381. The van der Waals surface area contributed by atoms with Crippen molar-refractivity contribution in [2.24, 2.45) is 0 Å². The zero-order chi connectivity index (χ0) is 18.4. The fourth-order valence-electron chi connectivity index (χ4n) is 3.41. The van der Waals surface area contributed by atoms with E-state index in [9.17, 15) is 4.79 Å². The van der Waals surface area contributed by atoms with Gasteiger partial charge in [0, 0.05) is 36.7 Å². The topological polar surface area (TPSA) is 35.6 Å². The van der Waals surface area contributed by atoms with Crippen molar-refractivity contribution < 1.29 is 4.79 Å². The summed E-state index contributed by atoms with van der Waals surface area (Å²) in [5.41, 5.74) is 2.53. The van der Waals surface area contributed by atoms with Crippen molar-refractivity contribution in [1.29, 1.82) is 0 Å². The van der Waals surface area contributed by atoms with Crippen LogP contribution < -0.4 is 5.32 Å². The Bertz CT molecular complexity index is 705. The number of halogens is 1. The van der Waals surface area contributed by atoms with E-state index in [1.807, 2.05) is 25.2 Å². The molecule has 0 unspecified atom stereocenters. The Kier molecular flexibility index (Phi) is 6.83. The van der Waals surface area contributed by atoms with Gasteiger partial charge in [0.05, 0.1) is 6.54 Å². The SMILES string of the molecule is CN(CC(=O)N[C@@H]1CCN(Cc2ccccc2)C1)Cc1ccc(Br)cc1. The molecule has 0 spiro atoms. The number of hydrogen-bond donors (Lipinski definition) is 1. The molecule has 1 heterocycles. The molecule has 4 nitrogen and oxygen atoms in total. The van der Waals surface area contributed by atoms with Crippen LogP contribution in [0.5, 0.6) is 0 Å². The lowest BCUT2D eigenvalue weighted by molar-refractivity contribution is -0.122. The minimum absolute atomic E-state index is 0.108. The quantitative estimate of drug-likeness (QED) is 0.753. The second-order valence-electron chi connectivity index (χ2n) is 7.07. The average Bonchev–Trinajstić information content (AvgIpc) is 3.04. The molecule has 138 valence electrons. The third-order valence-corrected chi connectivity index (χ3v) is 5.19. The van der Waals surface area contributed by atoms with E-state index in [0.29, 0.717) is 6.54 Å². The number of likely N-dealkylation sites (N-methyl/N-ethyl adjacent to an activating group) is 1. The second kappa shape index (κ2) is 9.31. The molecule has 1 amide bonds. The summed E-state index contributed by atoms with van der Waals surface area (Å²) in [6.45, 7) is 4.11. The molecule has 0 saturated carbocycles. The van der Waals surface area contributed by atoms with Crippen molar-refractivity contribution >= 4 is 21.8 Å². The Labute approximate surface area is 164 Å². The van der Waals surface area contributed by atoms with Gasteiger partial charge >= 0.3 is 0 Å². The first kappa shape index (κ1) is 19.1. The Morgan fingerprint density at radius 3 is 2.62 bits per heavy atom. The number of amides is 1. The molecule has 1 saturated heterocycles. The summed E-state index contributed by atoms with van der Waals surface area (Å²) in [5.74, 6) is 0.108. The van der Waals surface area contributed by atoms with E-state index < -0.39 is 0 Å². The summed E-state index contributed by atoms with van der Waals surface area (Å²) >= 11 is 3.44. The predicted octanol–water partition coefficient (Wildman–Crippen LogP) is 3.27. The van der Waals surface area contributed by atoms with Gasteiger partial charge < -0.3 is 5.32 Å². The molecule has 1 aliphatic heterocycles. The van der Waals surface area contributed by atoms with E-state index >= 15 is 0 Å². The molecule has 5 heteroatoms. The highest BCUT2D eigenvalue weighted by Crippen LogP contribution is 2.14. The molecule has 0 bridgehead atoms. The monoisotopic (exact) mass is 415 g/mol. The van der Waals surface area contributed by atoms with E-state index in [2.05, 4.69) is 67.4 Å². The minimum Gasteiger partial charge on any atom is -0.351 e. The van der Waals surface area contributed by atoms with Crippen LogP contribution in [-0.4, -0.2) is 48.4 Å². The lowest BCUT2D eigenvalue weighted by Gasteiger charge is -2.19. The molecule has 26 heavy (non-hydrogen) atoms. The normalized spacial score (nSPS) is 17.6. The van der Waals surface area contributed by atoms with Crippen LogP contribution in [0.25, 0.3) is 0 Å². The maximum Gasteiger partial charge on any atom is 0.234 e. The van der Waals surface area contributed by atoms with Gasteiger partial charge in [0.1, 0.15) is 0 Å². The number of hydrogen-bond acceptors (Lipinski definition) is 3. The van der Waals surface area contributed by atoms with Crippen LogP contribution in [0.3, 0.4) is 0 Å². The lowest BCUT2D eigenvalue weighted by atomic mass is 10.2. The molecule has 0 radical (unpaired) electrons. The van der Waals surface area contributed by atoms with Gasteiger partial charge in [0.25, 0.3) is 0 Å². The van der Waals surface area contributed by atoms with Crippen molar-refractivity contribution in [3.05, 3.63) is 70.2 Å². The van der Waals surface area contributed by atoms with Crippen LogP contribution in [0.1, 0.15) is 17.5 Å². The first-order chi connectivity index (χ1) is 12.6. The number of nitrogens with one attached hydrogen (secondary N) is 1. The van der Waals surface area contributed by atoms with Gasteiger partial charge in [-0.3, -0.25) is 14.6 Å². The molecular formula is C21H26BrN3O. The first-order valence-corrected chi connectivity index (χ1v) is 9.86. The zero-order valence-electron chi connectivity index (χ0n) is 15.2. The van der Waals surface area contributed by atoms with Crippen molar-refractivity contribution in [3.63, 3.8) is 0 Å². The van der Waals surface area contributed by atoms with Gasteiger partial charge in [-0.25, -0.2) is 0 Å². The van der Waals surface area contributed by atoms with E-state index in [4.69, 9.17) is 0 Å². The first-order valence-electron chi connectivity index (χ1n) is 9.07. The Hall–Kier alpha value is -1.69. The summed E-state index contributed by atoms with van der Waals surface area (Å²) in [6.07, 6.45) is 1.02. The highest BCUT2D eigenvalue weighted by atomic mass is 79.9. The summed E-state index contributed by atoms with van der Waals surface area (Å²) in [6, 6.07) is 19.0. The third kappa shape index (κ3) is 5.94. The lowest BCUT2D eigenvalue weighted by Crippen LogP contribution is -2.42. The van der Waals surface area contributed by atoms with Gasteiger partial charge in [0.2, 0.25) is 5.91 Å². The maximum atomic E-state index is 12.3. The molecule has 0 aliphatic carbocycles. The van der Waals surface area contributed by atoms with E-state index in [1.165, 1.54) is 11.1 Å². The number of rotatable bonds is 7. The Morgan fingerprint density at radius 2 is 1.88 bits per heavy atom. The highest BCUT2D eigenvalue weighted by molar-refractivity contribution is 9.10. The van der Waals surface area contributed by atoms with Gasteiger partial charge in [-0.1, -0.05) is 58.4 Å². The van der Waals surface area contributed by atoms with Crippen LogP contribution in [0.2, 0.25) is 0 Å². The molecule has 1 fully saturated rings. The Morgan fingerprint density at radius 1 is 1.15 bits per heavy atom. The third-order valence-electron chi connectivity index (χ3n) is 4.67. The van der Waals surface area contributed by atoms with Gasteiger partial charge in [0.15, 0.2) is 0 Å². The summed E-state index contributed by atoms with van der Waals surface area (Å²) in [4.78, 5) is 16.8. The molecule has 3 rings (SSSR count). The second-order valence-corrected chi connectivity index (χ2v) is 7.99. The summed E-state index contributed by atoms with van der Waals surface area (Å²) < 4.78 is 1.07. The number of nitrogens with zero attached hydrogens (tertiary/aromatic N) is 2. The summed E-state index contributed by atoms with van der Waals surface area (Å²) in [7, 11) is 1.98. The van der Waals surface area contributed by atoms with Crippen LogP contribution in [0, 0.1) is 0 Å². The fourth-order valence-corrected chi connectivity index (χ4v) is 3.68. The largest absolute Gasteiger partial charge is 0.351 e. The number of likely N-dealkylation sites (tertiary alicyclic amines) is 1. The molecule has 0 aromatic heterocycles. The molecule has 2 aromatic rings. The minimum atomic E-state index is 0.108. The highest BCUT2D eigenvalue weighted by Gasteiger charge is 2.24. The van der Waals surface area contributed by atoms with Crippen LogP contribution in [0.4, 0.5) is 0 Å². The van der Waals surface area contributed by atoms with Gasteiger partial charge in [-0.2, -0.15) is 0 Å². The molecule has 1 aliphatic rings. The molecule has 2 aromatic carbocycles. The number of benzene rings is 2. The van der Waals surface area contributed by atoms with Crippen LogP contribution >= 0.6 is 15.9 Å². The molecular weight excluding hydrogens is 390 g/mol. The smallest absolute Gasteiger partial charge is 0.234 e. The average molecular weight is 416 g/mol. The Balaban J connectivity index is 1.40. The van der Waals surface area contributed by atoms with Gasteiger partial charge in [-0.05, 0) is 36.7 Å². The number of carbonyl (C=O) groups excluding carboxylic acids is 1.